The fourth-order valence-electron chi connectivity index (χ4n) is 3.29. The fourth-order valence-corrected chi connectivity index (χ4v) is 3.29. The number of ether oxygens (including phenoxy) is 1. The van der Waals surface area contributed by atoms with Crippen molar-refractivity contribution in [2.24, 2.45) is 11.8 Å². The molecule has 1 aliphatic carbocycles. The van der Waals surface area contributed by atoms with E-state index in [1.54, 1.807) is 24.3 Å². The Morgan fingerprint density at radius 3 is 2.38 bits per heavy atom. The van der Waals surface area contributed by atoms with Crippen LogP contribution in [0.15, 0.2) is 24.3 Å². The Morgan fingerprint density at radius 2 is 1.81 bits per heavy atom. The Labute approximate surface area is 149 Å². The average molecular weight is 373 g/mol. The molecule has 0 bridgehead atoms. The van der Waals surface area contributed by atoms with Gasteiger partial charge in [-0.1, -0.05) is 25.0 Å². The summed E-state index contributed by atoms with van der Waals surface area (Å²) in [5.74, 6) is -3.80. The minimum absolute atomic E-state index is 0.00333. The monoisotopic (exact) mass is 373 g/mol. The molecule has 0 spiro atoms. The molecule has 1 aromatic rings. The standard InChI is InChI=1S/C18H22F3NO4/c1-22(10-12-6-8-13(9-7-12)26-11-16(23)24)17(25)14-4-2-3-5-15(14)18(19,20)21/h6-9,14-15H,2-5,10-11H2,1H3,(H,23,24). The number of carboxylic acid groups (broad SMARTS) is 1. The second-order valence-corrected chi connectivity index (χ2v) is 6.56. The number of nitrogens with zero attached hydrogens (tertiary/aromatic N) is 1. The van der Waals surface area contributed by atoms with Crippen molar-refractivity contribution in [3.8, 4) is 5.75 Å². The van der Waals surface area contributed by atoms with Gasteiger partial charge in [0.05, 0.1) is 5.92 Å². The Balaban J connectivity index is 1.98. The highest BCUT2D eigenvalue weighted by Gasteiger charge is 2.48. The Hall–Kier alpha value is -2.25. The van der Waals surface area contributed by atoms with E-state index < -0.39 is 36.5 Å². The first-order valence-corrected chi connectivity index (χ1v) is 8.43. The Morgan fingerprint density at radius 1 is 1.19 bits per heavy atom. The minimum Gasteiger partial charge on any atom is -0.482 e. The highest BCUT2D eigenvalue weighted by atomic mass is 19.4. The maximum Gasteiger partial charge on any atom is 0.392 e. The number of hydrogen-bond donors (Lipinski definition) is 1. The summed E-state index contributed by atoms with van der Waals surface area (Å²) < 4.78 is 44.6. The van der Waals surface area contributed by atoms with Crippen LogP contribution in [0.1, 0.15) is 31.2 Å². The van der Waals surface area contributed by atoms with Crippen molar-refractivity contribution in [1.82, 2.24) is 4.90 Å². The first-order valence-electron chi connectivity index (χ1n) is 8.43. The quantitative estimate of drug-likeness (QED) is 0.829. The third-order valence-electron chi connectivity index (χ3n) is 4.59. The van der Waals surface area contributed by atoms with Crippen LogP contribution >= 0.6 is 0 Å². The van der Waals surface area contributed by atoms with Gasteiger partial charge in [-0.2, -0.15) is 13.2 Å². The number of alkyl halides is 3. The number of aliphatic carboxylic acids is 1. The van der Waals surface area contributed by atoms with Crippen molar-refractivity contribution >= 4 is 11.9 Å². The number of carboxylic acids is 1. The van der Waals surface area contributed by atoms with Crippen molar-refractivity contribution in [3.63, 3.8) is 0 Å². The van der Waals surface area contributed by atoms with E-state index >= 15 is 0 Å². The molecule has 2 unspecified atom stereocenters. The molecular weight excluding hydrogens is 351 g/mol. The maximum atomic E-state index is 13.2. The summed E-state index contributed by atoms with van der Waals surface area (Å²) in [6, 6.07) is 6.44. The third kappa shape index (κ3) is 5.37. The second-order valence-electron chi connectivity index (χ2n) is 6.56. The lowest BCUT2D eigenvalue weighted by atomic mass is 9.78. The van der Waals surface area contributed by atoms with Gasteiger partial charge >= 0.3 is 12.1 Å². The van der Waals surface area contributed by atoms with Crippen LogP contribution in [0, 0.1) is 11.8 Å². The fraction of sp³-hybridized carbons (Fsp3) is 0.556. The smallest absolute Gasteiger partial charge is 0.392 e. The molecule has 5 nitrogen and oxygen atoms in total. The van der Waals surface area contributed by atoms with Crippen molar-refractivity contribution in [2.45, 2.75) is 38.4 Å². The highest BCUT2D eigenvalue weighted by molar-refractivity contribution is 5.79. The molecule has 26 heavy (non-hydrogen) atoms. The number of amides is 1. The zero-order chi connectivity index (χ0) is 19.3. The van der Waals surface area contributed by atoms with Crippen LogP contribution in [-0.2, 0) is 16.1 Å². The van der Waals surface area contributed by atoms with Crippen molar-refractivity contribution in [3.05, 3.63) is 29.8 Å². The predicted molar refractivity (Wildman–Crippen MR) is 87.5 cm³/mol. The molecule has 144 valence electrons. The van der Waals surface area contributed by atoms with Crippen LogP contribution in [0.4, 0.5) is 13.2 Å². The van der Waals surface area contributed by atoms with Gasteiger partial charge in [0.2, 0.25) is 5.91 Å². The van der Waals surface area contributed by atoms with E-state index in [4.69, 9.17) is 9.84 Å². The van der Waals surface area contributed by atoms with Gasteiger partial charge in [0, 0.05) is 19.5 Å². The SMILES string of the molecule is CN(Cc1ccc(OCC(=O)O)cc1)C(=O)C1CCCCC1C(F)(F)F. The van der Waals surface area contributed by atoms with Crippen LogP contribution in [-0.4, -0.2) is 41.7 Å². The van der Waals surface area contributed by atoms with Gasteiger partial charge < -0.3 is 14.7 Å². The lowest BCUT2D eigenvalue weighted by Gasteiger charge is -2.34. The van der Waals surface area contributed by atoms with Gasteiger partial charge in [-0.15, -0.1) is 0 Å². The first kappa shape index (κ1) is 20.1. The number of carbonyl (C=O) groups is 2. The van der Waals surface area contributed by atoms with E-state index in [1.165, 1.54) is 11.9 Å². The Kier molecular flexibility index (Phi) is 6.50. The van der Waals surface area contributed by atoms with E-state index in [9.17, 15) is 22.8 Å². The van der Waals surface area contributed by atoms with Crippen LogP contribution < -0.4 is 4.74 Å². The third-order valence-corrected chi connectivity index (χ3v) is 4.59. The van der Waals surface area contributed by atoms with Gasteiger partial charge in [-0.3, -0.25) is 4.79 Å². The largest absolute Gasteiger partial charge is 0.482 e. The molecule has 0 radical (unpaired) electrons. The molecule has 0 aromatic heterocycles. The summed E-state index contributed by atoms with van der Waals surface area (Å²) in [7, 11) is 1.50. The zero-order valence-electron chi connectivity index (χ0n) is 14.5. The molecule has 1 fully saturated rings. The minimum atomic E-state index is -4.36. The van der Waals surface area contributed by atoms with Crippen LogP contribution in [0.2, 0.25) is 0 Å². The molecule has 0 saturated heterocycles. The molecule has 0 heterocycles. The topological polar surface area (TPSA) is 66.8 Å². The predicted octanol–water partition coefficient (Wildman–Crippen LogP) is 3.48. The zero-order valence-corrected chi connectivity index (χ0v) is 14.5. The summed E-state index contributed by atoms with van der Waals surface area (Å²) in [6.07, 6.45) is -2.97. The number of hydrogen-bond acceptors (Lipinski definition) is 3. The summed E-state index contributed by atoms with van der Waals surface area (Å²) in [5, 5.41) is 8.56. The van der Waals surface area contributed by atoms with E-state index in [0.717, 1.165) is 5.56 Å². The lowest BCUT2D eigenvalue weighted by molar-refractivity contribution is -0.200. The highest BCUT2D eigenvalue weighted by Crippen LogP contribution is 2.42. The van der Waals surface area contributed by atoms with Crippen molar-refractivity contribution in [2.75, 3.05) is 13.7 Å². The van der Waals surface area contributed by atoms with Gasteiger partial charge in [0.1, 0.15) is 5.75 Å². The molecule has 0 aliphatic heterocycles. The maximum absolute atomic E-state index is 13.2. The van der Waals surface area contributed by atoms with Gasteiger partial charge in [0.25, 0.3) is 0 Å². The Bertz CT molecular complexity index is 630. The first-order chi connectivity index (χ1) is 12.2. The average Bonchev–Trinajstić information content (AvgIpc) is 2.59. The van der Waals surface area contributed by atoms with E-state index in [-0.39, 0.29) is 19.4 Å². The molecule has 1 saturated carbocycles. The van der Waals surface area contributed by atoms with Crippen LogP contribution in [0.3, 0.4) is 0 Å². The summed E-state index contributed by atoms with van der Waals surface area (Å²) >= 11 is 0. The molecule has 2 atom stereocenters. The molecule has 1 N–H and O–H groups in total. The lowest BCUT2D eigenvalue weighted by Crippen LogP contribution is -2.43. The normalized spacial score (nSPS) is 20.5. The summed E-state index contributed by atoms with van der Waals surface area (Å²) in [4.78, 5) is 24.3. The van der Waals surface area contributed by atoms with E-state index in [2.05, 4.69) is 0 Å². The number of rotatable bonds is 6. The number of carbonyl (C=O) groups excluding carboxylic acids is 1. The van der Waals surface area contributed by atoms with Gasteiger partial charge in [0.15, 0.2) is 6.61 Å². The molecule has 1 aromatic carbocycles. The van der Waals surface area contributed by atoms with Crippen molar-refractivity contribution in [1.29, 1.82) is 0 Å². The molecule has 2 rings (SSSR count). The second kappa shape index (κ2) is 8.42. The summed E-state index contributed by atoms with van der Waals surface area (Å²) in [5.41, 5.74) is 0.725. The summed E-state index contributed by atoms with van der Waals surface area (Å²) in [6.45, 7) is -0.280. The molecule has 1 amide bonds. The van der Waals surface area contributed by atoms with E-state index in [0.29, 0.717) is 18.6 Å². The molecular formula is C18H22F3NO4. The van der Waals surface area contributed by atoms with E-state index in [1.807, 2.05) is 0 Å². The van der Waals surface area contributed by atoms with Gasteiger partial charge in [-0.25, -0.2) is 4.79 Å². The molecule has 8 heteroatoms. The van der Waals surface area contributed by atoms with Crippen molar-refractivity contribution < 1.29 is 32.6 Å². The molecule has 1 aliphatic rings. The number of halogens is 3. The van der Waals surface area contributed by atoms with Crippen LogP contribution in [0.5, 0.6) is 5.75 Å². The van der Waals surface area contributed by atoms with Crippen LogP contribution in [0.25, 0.3) is 0 Å². The van der Waals surface area contributed by atoms with Gasteiger partial charge in [-0.05, 0) is 30.5 Å². The number of benzene rings is 1.